The van der Waals surface area contributed by atoms with Crippen LogP contribution < -0.4 is 5.73 Å². The van der Waals surface area contributed by atoms with Crippen molar-refractivity contribution in [3.05, 3.63) is 40.0 Å². The van der Waals surface area contributed by atoms with Gasteiger partial charge in [0.15, 0.2) is 0 Å². The SMILES string of the molecule is CCC1=Cc2cc(C(C)(C)C)cc(C34CCC3(C(N)=O)C3CCC4C3)c2C1. The summed E-state index contributed by atoms with van der Waals surface area (Å²) in [5, 5.41) is 0. The quantitative estimate of drug-likeness (QED) is 0.781. The average Bonchev–Trinajstić information content (AvgIpc) is 3.23. The minimum atomic E-state index is -0.269. The van der Waals surface area contributed by atoms with Gasteiger partial charge in [-0.2, -0.15) is 0 Å². The van der Waals surface area contributed by atoms with Crippen molar-refractivity contribution in [2.75, 3.05) is 0 Å². The van der Waals surface area contributed by atoms with Crippen LogP contribution in [0.1, 0.15) is 88.5 Å². The van der Waals surface area contributed by atoms with Gasteiger partial charge in [0.1, 0.15) is 0 Å². The first kappa shape index (κ1) is 17.5. The first-order chi connectivity index (χ1) is 12.7. The normalized spacial score (nSPS) is 36.2. The van der Waals surface area contributed by atoms with E-state index in [2.05, 4.69) is 45.9 Å². The highest BCUT2D eigenvalue weighted by Gasteiger charge is 2.75. The molecule has 3 saturated carbocycles. The molecule has 1 aromatic carbocycles. The average molecular weight is 364 g/mol. The molecule has 4 aliphatic carbocycles. The van der Waals surface area contributed by atoms with Crippen LogP contribution in [0.3, 0.4) is 0 Å². The number of nitrogens with two attached hydrogens (primary N) is 1. The fourth-order valence-corrected chi connectivity index (χ4v) is 7.39. The summed E-state index contributed by atoms with van der Waals surface area (Å²) in [6.07, 6.45) is 10.5. The van der Waals surface area contributed by atoms with Crippen molar-refractivity contribution in [1.29, 1.82) is 0 Å². The Balaban J connectivity index is 1.75. The number of fused-ring (bicyclic) bond motifs is 6. The number of hydrogen-bond acceptors (Lipinski definition) is 1. The van der Waals surface area contributed by atoms with Gasteiger partial charge in [0.25, 0.3) is 0 Å². The maximum Gasteiger partial charge on any atom is 0.224 e. The fraction of sp³-hybridized carbons (Fsp3) is 0.640. The van der Waals surface area contributed by atoms with Gasteiger partial charge in [0.05, 0.1) is 5.41 Å². The zero-order valence-corrected chi connectivity index (χ0v) is 17.3. The number of primary amides is 1. The van der Waals surface area contributed by atoms with Crippen LogP contribution in [0.15, 0.2) is 17.7 Å². The van der Waals surface area contributed by atoms with Crippen molar-refractivity contribution in [2.24, 2.45) is 23.0 Å². The van der Waals surface area contributed by atoms with Gasteiger partial charge in [-0.25, -0.2) is 0 Å². The van der Waals surface area contributed by atoms with E-state index < -0.39 is 0 Å². The lowest BCUT2D eigenvalue weighted by molar-refractivity contribution is -0.149. The lowest BCUT2D eigenvalue weighted by atomic mass is 9.41. The molecule has 2 bridgehead atoms. The highest BCUT2D eigenvalue weighted by Crippen LogP contribution is 2.77. The molecule has 0 heterocycles. The smallest absolute Gasteiger partial charge is 0.224 e. The molecule has 0 aromatic heterocycles. The predicted octanol–water partition coefficient (Wildman–Crippen LogP) is 5.27. The molecule has 4 unspecified atom stereocenters. The van der Waals surface area contributed by atoms with Gasteiger partial charge in [-0.3, -0.25) is 4.79 Å². The van der Waals surface area contributed by atoms with Gasteiger partial charge in [0.2, 0.25) is 5.91 Å². The second kappa shape index (κ2) is 5.27. The van der Waals surface area contributed by atoms with Crippen LogP contribution in [0.5, 0.6) is 0 Å². The molecule has 2 nitrogen and oxygen atoms in total. The second-order valence-electron chi connectivity index (χ2n) is 10.7. The Hall–Kier alpha value is -1.57. The number of hydrogen-bond donors (Lipinski definition) is 1. The summed E-state index contributed by atoms with van der Waals surface area (Å²) in [6, 6.07) is 4.90. The number of rotatable bonds is 3. The Morgan fingerprint density at radius 1 is 1.19 bits per heavy atom. The van der Waals surface area contributed by atoms with Crippen molar-refractivity contribution in [3.8, 4) is 0 Å². The molecule has 1 amide bonds. The third-order valence-corrected chi connectivity index (χ3v) is 8.82. The van der Waals surface area contributed by atoms with Crippen LogP contribution in [0.2, 0.25) is 0 Å². The van der Waals surface area contributed by atoms with E-state index in [-0.39, 0.29) is 22.2 Å². The minimum absolute atomic E-state index is 0.0162. The molecule has 4 aliphatic rings. The van der Waals surface area contributed by atoms with Crippen LogP contribution >= 0.6 is 0 Å². The maximum absolute atomic E-state index is 12.9. The number of benzene rings is 1. The molecule has 144 valence electrons. The Labute approximate surface area is 163 Å². The van der Waals surface area contributed by atoms with E-state index in [0.29, 0.717) is 11.8 Å². The Morgan fingerprint density at radius 2 is 1.93 bits per heavy atom. The predicted molar refractivity (Wildman–Crippen MR) is 110 cm³/mol. The molecular weight excluding hydrogens is 330 g/mol. The highest BCUT2D eigenvalue weighted by atomic mass is 16.1. The summed E-state index contributed by atoms with van der Waals surface area (Å²) in [4.78, 5) is 12.9. The van der Waals surface area contributed by atoms with Crippen molar-refractivity contribution < 1.29 is 4.79 Å². The van der Waals surface area contributed by atoms with Gasteiger partial charge in [-0.15, -0.1) is 0 Å². The summed E-state index contributed by atoms with van der Waals surface area (Å²) in [5.74, 6) is 1.15. The summed E-state index contributed by atoms with van der Waals surface area (Å²) in [6.45, 7) is 9.17. The first-order valence-electron chi connectivity index (χ1n) is 10.9. The minimum Gasteiger partial charge on any atom is -0.369 e. The number of carbonyl (C=O) groups excluding carboxylic acids is 1. The number of carbonyl (C=O) groups is 1. The third-order valence-electron chi connectivity index (χ3n) is 8.82. The summed E-state index contributed by atoms with van der Waals surface area (Å²) >= 11 is 0. The monoisotopic (exact) mass is 363 g/mol. The van der Waals surface area contributed by atoms with E-state index in [1.165, 1.54) is 47.1 Å². The van der Waals surface area contributed by atoms with Gasteiger partial charge in [0, 0.05) is 5.41 Å². The summed E-state index contributed by atoms with van der Waals surface area (Å²) < 4.78 is 0. The summed E-state index contributed by atoms with van der Waals surface area (Å²) in [5.41, 5.74) is 13.4. The van der Waals surface area contributed by atoms with Gasteiger partial charge < -0.3 is 5.73 Å². The lowest BCUT2D eigenvalue weighted by Gasteiger charge is -2.61. The first-order valence-corrected chi connectivity index (χ1v) is 10.9. The molecule has 0 radical (unpaired) electrons. The molecule has 5 rings (SSSR count). The molecule has 0 spiro atoms. The molecule has 3 fully saturated rings. The Bertz CT molecular complexity index is 873. The van der Waals surface area contributed by atoms with E-state index >= 15 is 0 Å². The number of allylic oxidation sites excluding steroid dienone is 1. The molecule has 27 heavy (non-hydrogen) atoms. The van der Waals surface area contributed by atoms with E-state index in [1.54, 1.807) is 0 Å². The lowest BCUT2D eigenvalue weighted by Crippen LogP contribution is -2.64. The zero-order valence-electron chi connectivity index (χ0n) is 17.3. The van der Waals surface area contributed by atoms with Crippen molar-refractivity contribution in [1.82, 2.24) is 0 Å². The molecule has 0 saturated heterocycles. The largest absolute Gasteiger partial charge is 0.369 e. The molecule has 1 aromatic rings. The van der Waals surface area contributed by atoms with E-state index in [0.717, 1.165) is 25.7 Å². The van der Waals surface area contributed by atoms with Crippen LogP contribution in [-0.2, 0) is 22.0 Å². The van der Waals surface area contributed by atoms with Crippen LogP contribution in [0.25, 0.3) is 6.08 Å². The van der Waals surface area contributed by atoms with E-state index in [1.807, 2.05) is 0 Å². The fourth-order valence-electron chi connectivity index (χ4n) is 7.39. The summed E-state index contributed by atoms with van der Waals surface area (Å²) in [7, 11) is 0. The standard InChI is InChI=1S/C25H33NO/c1-5-15-10-16-12-19(23(2,3)4)14-21(20(16)11-15)24-8-9-25(24,22(26)27)18-7-6-17(24)13-18/h10,12,14,17-18H,5-9,11,13H2,1-4H3,(H2,26,27). The van der Waals surface area contributed by atoms with Gasteiger partial charge >= 0.3 is 0 Å². The Morgan fingerprint density at radius 3 is 2.52 bits per heavy atom. The Kier molecular flexibility index (Phi) is 3.42. The number of amides is 1. The second-order valence-corrected chi connectivity index (χ2v) is 10.7. The molecule has 2 heteroatoms. The van der Waals surface area contributed by atoms with Crippen molar-refractivity contribution in [3.63, 3.8) is 0 Å². The van der Waals surface area contributed by atoms with Crippen molar-refractivity contribution >= 4 is 12.0 Å². The molecule has 0 aliphatic heterocycles. The maximum atomic E-state index is 12.9. The zero-order chi connectivity index (χ0) is 19.2. The van der Waals surface area contributed by atoms with Gasteiger partial charge in [-0.05, 0) is 84.5 Å². The molecule has 4 atom stereocenters. The van der Waals surface area contributed by atoms with E-state index in [4.69, 9.17) is 5.73 Å². The molecule has 2 N–H and O–H groups in total. The van der Waals surface area contributed by atoms with Crippen LogP contribution in [-0.4, -0.2) is 5.91 Å². The molecular formula is C25H33NO. The van der Waals surface area contributed by atoms with Gasteiger partial charge in [-0.1, -0.05) is 51.5 Å². The highest BCUT2D eigenvalue weighted by molar-refractivity contribution is 5.87. The third kappa shape index (κ3) is 1.95. The van der Waals surface area contributed by atoms with Crippen LogP contribution in [0, 0.1) is 17.3 Å². The van der Waals surface area contributed by atoms with E-state index in [9.17, 15) is 4.79 Å². The van der Waals surface area contributed by atoms with Crippen LogP contribution in [0.4, 0.5) is 0 Å². The topological polar surface area (TPSA) is 43.1 Å². The van der Waals surface area contributed by atoms with Crippen molar-refractivity contribution in [2.45, 2.75) is 83.5 Å².